The molecule has 2 atom stereocenters. The van der Waals surface area contributed by atoms with Crippen molar-refractivity contribution in [2.75, 3.05) is 32.7 Å². The van der Waals surface area contributed by atoms with E-state index in [1.165, 1.54) is 6.07 Å². The van der Waals surface area contributed by atoms with Crippen LogP contribution >= 0.6 is 0 Å². The number of nitrogens with zero attached hydrogens (tertiary/aromatic N) is 4. The topological polar surface area (TPSA) is 54.1 Å². The van der Waals surface area contributed by atoms with Crippen LogP contribution in [0.4, 0.5) is 4.39 Å². The van der Waals surface area contributed by atoms with E-state index in [1.54, 1.807) is 12.1 Å². The summed E-state index contributed by atoms with van der Waals surface area (Å²) in [7, 11) is 0. The van der Waals surface area contributed by atoms with Crippen molar-refractivity contribution < 1.29 is 4.39 Å². The van der Waals surface area contributed by atoms with Gasteiger partial charge in [0.2, 0.25) is 0 Å². The Morgan fingerprint density at radius 1 is 1.22 bits per heavy atom. The molecule has 1 heterocycles. The Kier molecular flexibility index (Phi) is 6.52. The lowest BCUT2D eigenvalue weighted by Gasteiger charge is -2.38. The van der Waals surface area contributed by atoms with Crippen LogP contribution < -0.4 is 0 Å². The zero-order chi connectivity index (χ0) is 16.7. The van der Waals surface area contributed by atoms with Crippen molar-refractivity contribution in [2.24, 2.45) is 5.92 Å². The molecule has 0 saturated carbocycles. The number of benzene rings is 1. The molecule has 0 spiro atoms. The van der Waals surface area contributed by atoms with E-state index in [4.69, 9.17) is 10.5 Å². The number of hydrogen-bond acceptors (Lipinski definition) is 4. The third-order valence-corrected chi connectivity index (χ3v) is 4.55. The molecule has 1 aromatic rings. The van der Waals surface area contributed by atoms with Crippen LogP contribution in [0.25, 0.3) is 0 Å². The van der Waals surface area contributed by atoms with Gasteiger partial charge in [-0.25, -0.2) is 4.39 Å². The summed E-state index contributed by atoms with van der Waals surface area (Å²) in [6.45, 7) is 6.48. The minimum absolute atomic E-state index is 0.0677. The average Bonchev–Trinajstić information content (AvgIpc) is 2.58. The van der Waals surface area contributed by atoms with Crippen molar-refractivity contribution in [2.45, 2.75) is 25.8 Å². The summed E-state index contributed by atoms with van der Waals surface area (Å²) in [4.78, 5) is 4.64. The van der Waals surface area contributed by atoms with Crippen molar-refractivity contribution in [1.29, 1.82) is 10.5 Å². The molecule has 1 saturated heterocycles. The highest BCUT2D eigenvalue weighted by Crippen LogP contribution is 2.22. The van der Waals surface area contributed by atoms with Gasteiger partial charge in [-0.15, -0.1) is 0 Å². The normalized spacial score (nSPS) is 18.8. The Hall–Kier alpha value is -1.95. The molecular weight excluding hydrogens is 291 g/mol. The van der Waals surface area contributed by atoms with Gasteiger partial charge in [0.15, 0.2) is 0 Å². The van der Waals surface area contributed by atoms with E-state index in [2.05, 4.69) is 28.9 Å². The lowest BCUT2D eigenvalue weighted by atomic mass is 10.0. The Labute approximate surface area is 137 Å². The molecule has 0 aromatic heterocycles. The first-order valence-electron chi connectivity index (χ1n) is 8.12. The first kappa shape index (κ1) is 17.4. The fourth-order valence-corrected chi connectivity index (χ4v) is 3.06. The summed E-state index contributed by atoms with van der Waals surface area (Å²) in [5.41, 5.74) is 1.00. The van der Waals surface area contributed by atoms with Crippen LogP contribution in [-0.2, 0) is 0 Å². The summed E-state index contributed by atoms with van der Waals surface area (Å²) >= 11 is 0. The molecule has 0 radical (unpaired) electrons. The first-order chi connectivity index (χ1) is 11.1. The molecule has 1 fully saturated rings. The zero-order valence-corrected chi connectivity index (χ0v) is 13.6. The second kappa shape index (κ2) is 8.62. The summed E-state index contributed by atoms with van der Waals surface area (Å²) in [5.74, 6) is -0.260. The molecule has 0 bridgehead atoms. The van der Waals surface area contributed by atoms with Crippen molar-refractivity contribution in [1.82, 2.24) is 9.80 Å². The minimum atomic E-state index is -0.192. The highest BCUT2D eigenvalue weighted by atomic mass is 19.1. The highest BCUT2D eigenvalue weighted by molar-refractivity contribution is 5.19. The van der Waals surface area contributed by atoms with Crippen LogP contribution in [0, 0.1) is 34.4 Å². The van der Waals surface area contributed by atoms with Gasteiger partial charge in [0.1, 0.15) is 5.82 Å². The van der Waals surface area contributed by atoms with Gasteiger partial charge in [0.25, 0.3) is 0 Å². The minimum Gasteiger partial charge on any atom is -0.299 e. The van der Waals surface area contributed by atoms with Crippen LogP contribution in [0.15, 0.2) is 24.3 Å². The predicted molar refractivity (Wildman–Crippen MR) is 86.8 cm³/mol. The number of rotatable bonds is 6. The maximum atomic E-state index is 13.4. The van der Waals surface area contributed by atoms with Crippen molar-refractivity contribution in [3.8, 4) is 12.1 Å². The van der Waals surface area contributed by atoms with Crippen LogP contribution in [0.1, 0.15) is 31.4 Å². The molecule has 1 aromatic carbocycles. The first-order valence-corrected chi connectivity index (χ1v) is 8.12. The molecular formula is C18H23FN4. The highest BCUT2D eigenvalue weighted by Gasteiger charge is 2.23. The van der Waals surface area contributed by atoms with E-state index < -0.39 is 0 Å². The molecule has 5 heteroatoms. The fraction of sp³-hybridized carbons (Fsp3) is 0.556. The van der Waals surface area contributed by atoms with E-state index in [-0.39, 0.29) is 17.8 Å². The predicted octanol–water partition coefficient (Wildman–Crippen LogP) is 2.95. The Morgan fingerprint density at radius 2 is 1.96 bits per heavy atom. The molecule has 0 unspecified atom stereocenters. The second-order valence-corrected chi connectivity index (χ2v) is 6.09. The zero-order valence-electron chi connectivity index (χ0n) is 13.6. The molecule has 0 aliphatic carbocycles. The maximum absolute atomic E-state index is 13.4. The van der Waals surface area contributed by atoms with Crippen LogP contribution in [0.2, 0.25) is 0 Å². The molecule has 122 valence electrons. The van der Waals surface area contributed by atoms with Gasteiger partial charge >= 0.3 is 0 Å². The number of halogens is 1. The maximum Gasteiger partial charge on any atom is 0.123 e. The van der Waals surface area contributed by atoms with Gasteiger partial charge in [-0.05, 0) is 31.0 Å². The Balaban J connectivity index is 1.84. The Morgan fingerprint density at radius 3 is 2.57 bits per heavy atom. The molecule has 2 rings (SSSR count). The summed E-state index contributed by atoms with van der Waals surface area (Å²) < 4.78 is 13.4. The number of hydrogen-bond donors (Lipinski definition) is 0. The molecule has 0 amide bonds. The number of nitriles is 2. The van der Waals surface area contributed by atoms with E-state index >= 15 is 0 Å². The monoisotopic (exact) mass is 314 g/mol. The summed E-state index contributed by atoms with van der Waals surface area (Å²) in [5, 5.41) is 17.8. The van der Waals surface area contributed by atoms with Gasteiger partial charge in [-0.1, -0.05) is 12.1 Å². The molecule has 23 heavy (non-hydrogen) atoms. The van der Waals surface area contributed by atoms with Crippen molar-refractivity contribution >= 4 is 0 Å². The van der Waals surface area contributed by atoms with Gasteiger partial charge in [-0.3, -0.25) is 9.80 Å². The van der Waals surface area contributed by atoms with E-state index in [1.807, 2.05) is 6.07 Å². The van der Waals surface area contributed by atoms with Crippen LogP contribution in [-0.4, -0.2) is 42.5 Å². The largest absolute Gasteiger partial charge is 0.299 e. The Bertz CT molecular complexity index is 581. The molecule has 0 N–H and O–H groups in total. The second-order valence-electron chi connectivity index (χ2n) is 6.09. The molecule has 1 aliphatic rings. The standard InChI is InChI=1S/C18H23FN4/c1-15(17-5-2-6-18(19)12-17)23-10-8-22(9-11-23)14-16(13-21)4-3-7-20/h2,5-6,12,15-16H,3-4,8-11,14H2,1H3/t15-,16-/m1/s1. The van der Waals surface area contributed by atoms with E-state index in [0.29, 0.717) is 12.8 Å². The van der Waals surface area contributed by atoms with Crippen molar-refractivity contribution in [3.63, 3.8) is 0 Å². The van der Waals surface area contributed by atoms with Gasteiger partial charge in [-0.2, -0.15) is 10.5 Å². The lowest BCUT2D eigenvalue weighted by Crippen LogP contribution is -2.48. The third kappa shape index (κ3) is 5.03. The van der Waals surface area contributed by atoms with Crippen molar-refractivity contribution in [3.05, 3.63) is 35.6 Å². The molecule has 4 nitrogen and oxygen atoms in total. The SMILES string of the molecule is C[C@H](c1cccc(F)c1)N1CCN(C[C@@H](C#N)CCC#N)CC1. The quantitative estimate of drug-likeness (QED) is 0.810. The van der Waals surface area contributed by atoms with Gasteiger partial charge in [0, 0.05) is 45.2 Å². The van der Waals surface area contributed by atoms with Crippen LogP contribution in [0.5, 0.6) is 0 Å². The van der Waals surface area contributed by atoms with Crippen LogP contribution in [0.3, 0.4) is 0 Å². The van der Waals surface area contributed by atoms with Gasteiger partial charge in [0.05, 0.1) is 18.1 Å². The summed E-state index contributed by atoms with van der Waals surface area (Å²) in [6.07, 6.45) is 1.09. The summed E-state index contributed by atoms with van der Waals surface area (Å²) in [6, 6.07) is 11.4. The smallest absolute Gasteiger partial charge is 0.123 e. The van der Waals surface area contributed by atoms with Gasteiger partial charge < -0.3 is 0 Å². The average molecular weight is 314 g/mol. The molecule has 1 aliphatic heterocycles. The third-order valence-electron chi connectivity index (χ3n) is 4.55. The van der Waals surface area contributed by atoms with E-state index in [9.17, 15) is 4.39 Å². The fourth-order valence-electron chi connectivity index (χ4n) is 3.06. The number of piperazine rings is 1. The van der Waals surface area contributed by atoms with E-state index in [0.717, 1.165) is 38.3 Å². The lowest BCUT2D eigenvalue weighted by molar-refractivity contribution is 0.0954.